The normalized spacial score (nSPS) is 16.9. The monoisotopic (exact) mass is 367 g/mol. The van der Waals surface area contributed by atoms with Crippen LogP contribution in [0.3, 0.4) is 0 Å². The lowest BCUT2D eigenvalue weighted by Crippen LogP contribution is -2.31. The Morgan fingerprint density at radius 3 is 2.77 bits per heavy atom. The molecule has 132 valence electrons. The van der Waals surface area contributed by atoms with Crippen LogP contribution < -0.4 is 0 Å². The summed E-state index contributed by atoms with van der Waals surface area (Å²) in [6.07, 6.45) is 2.24. The van der Waals surface area contributed by atoms with E-state index in [0.717, 1.165) is 27.8 Å². The van der Waals surface area contributed by atoms with Crippen molar-refractivity contribution in [2.24, 2.45) is 0 Å². The lowest BCUT2D eigenvalue weighted by molar-refractivity contribution is -0.384. The average Bonchev–Trinajstić information content (AvgIpc) is 3.29. The fourth-order valence-electron chi connectivity index (χ4n) is 3.30. The van der Waals surface area contributed by atoms with Crippen molar-refractivity contribution in [3.8, 4) is 0 Å². The number of aromatic nitrogens is 1. The molecule has 0 bridgehead atoms. The molecule has 0 spiro atoms. The summed E-state index contributed by atoms with van der Waals surface area (Å²) in [6, 6.07) is 14.4. The first-order valence-electron chi connectivity index (χ1n) is 8.34. The molecule has 0 radical (unpaired) electrons. The van der Waals surface area contributed by atoms with Crippen LogP contribution in [0.25, 0.3) is 10.9 Å². The largest absolute Gasteiger partial charge is 0.361 e. The smallest absolute Gasteiger partial charge is 0.269 e. The number of carbonyl (C=O) groups excluding carboxylic acids is 1. The van der Waals surface area contributed by atoms with Gasteiger partial charge < -0.3 is 9.88 Å². The van der Waals surface area contributed by atoms with E-state index in [1.54, 1.807) is 23.9 Å². The number of hydrogen-bond acceptors (Lipinski definition) is 4. The molecule has 0 saturated carbocycles. The first kappa shape index (κ1) is 16.7. The number of para-hydroxylation sites is 1. The Bertz CT molecular complexity index is 968. The molecule has 26 heavy (non-hydrogen) atoms. The van der Waals surface area contributed by atoms with Crippen molar-refractivity contribution in [3.63, 3.8) is 0 Å². The van der Waals surface area contributed by atoms with Crippen molar-refractivity contribution in [1.82, 2.24) is 9.88 Å². The number of non-ortho nitro benzene ring substituents is 1. The van der Waals surface area contributed by atoms with Crippen LogP contribution in [-0.4, -0.2) is 33.0 Å². The van der Waals surface area contributed by atoms with Gasteiger partial charge >= 0.3 is 0 Å². The number of carbonyl (C=O) groups is 1. The number of H-pyrrole nitrogens is 1. The number of nitro benzene ring substituents is 1. The van der Waals surface area contributed by atoms with E-state index < -0.39 is 4.92 Å². The van der Waals surface area contributed by atoms with Gasteiger partial charge in [-0.3, -0.25) is 14.9 Å². The van der Waals surface area contributed by atoms with E-state index in [-0.39, 0.29) is 17.0 Å². The number of nitrogens with one attached hydrogen (secondary N) is 1. The quantitative estimate of drug-likeness (QED) is 0.560. The van der Waals surface area contributed by atoms with Crippen molar-refractivity contribution in [1.29, 1.82) is 0 Å². The molecule has 1 unspecified atom stereocenters. The lowest BCUT2D eigenvalue weighted by atomic mass is 10.1. The summed E-state index contributed by atoms with van der Waals surface area (Å²) in [7, 11) is 0. The molecule has 1 amide bonds. The summed E-state index contributed by atoms with van der Waals surface area (Å²) in [5.74, 6) is 0.935. The van der Waals surface area contributed by atoms with Crippen LogP contribution in [0.4, 0.5) is 5.69 Å². The van der Waals surface area contributed by atoms with Crippen molar-refractivity contribution in [3.05, 3.63) is 76.0 Å². The maximum atomic E-state index is 12.9. The highest BCUT2D eigenvalue weighted by atomic mass is 32.2. The molecular weight excluding hydrogens is 350 g/mol. The van der Waals surface area contributed by atoms with Gasteiger partial charge in [-0.05, 0) is 29.3 Å². The van der Waals surface area contributed by atoms with Crippen LogP contribution in [0.5, 0.6) is 0 Å². The van der Waals surface area contributed by atoms with Crippen LogP contribution in [0.2, 0.25) is 0 Å². The molecule has 6 nitrogen and oxygen atoms in total. The van der Waals surface area contributed by atoms with E-state index in [0.29, 0.717) is 13.0 Å². The SMILES string of the molecule is O=C(Cc1c[nH]c2ccccc12)N1CCSC1c1ccc([N+](=O)[O-])cc1. The van der Waals surface area contributed by atoms with Crippen molar-refractivity contribution in [2.75, 3.05) is 12.3 Å². The third-order valence-corrected chi connectivity index (χ3v) is 5.88. The highest BCUT2D eigenvalue weighted by Crippen LogP contribution is 2.38. The second-order valence-corrected chi connectivity index (χ2v) is 7.38. The van der Waals surface area contributed by atoms with Gasteiger partial charge in [0.2, 0.25) is 5.91 Å². The van der Waals surface area contributed by atoms with Crippen molar-refractivity contribution < 1.29 is 9.72 Å². The molecule has 2 heterocycles. The van der Waals surface area contributed by atoms with E-state index in [9.17, 15) is 14.9 Å². The minimum atomic E-state index is -0.411. The fourth-order valence-corrected chi connectivity index (χ4v) is 4.58. The van der Waals surface area contributed by atoms with Crippen LogP contribution in [0, 0.1) is 10.1 Å². The molecule has 3 aromatic rings. The van der Waals surface area contributed by atoms with E-state index in [1.165, 1.54) is 12.1 Å². The zero-order valence-electron chi connectivity index (χ0n) is 13.9. The number of nitro groups is 1. The van der Waals surface area contributed by atoms with Crippen molar-refractivity contribution >= 4 is 34.3 Å². The highest BCUT2D eigenvalue weighted by molar-refractivity contribution is 7.99. The third-order valence-electron chi connectivity index (χ3n) is 4.62. The number of nitrogens with zero attached hydrogens (tertiary/aromatic N) is 2. The number of rotatable bonds is 4. The Morgan fingerprint density at radius 1 is 1.23 bits per heavy atom. The highest BCUT2D eigenvalue weighted by Gasteiger charge is 2.31. The number of thioether (sulfide) groups is 1. The average molecular weight is 367 g/mol. The molecule has 1 saturated heterocycles. The molecule has 1 atom stereocenters. The zero-order valence-corrected chi connectivity index (χ0v) is 14.7. The number of aromatic amines is 1. The first-order chi connectivity index (χ1) is 12.6. The van der Waals surface area contributed by atoms with Gasteiger partial charge in [-0.25, -0.2) is 0 Å². The maximum Gasteiger partial charge on any atom is 0.269 e. The molecule has 1 aliphatic rings. The van der Waals surface area contributed by atoms with Gasteiger partial charge in [-0.1, -0.05) is 18.2 Å². The van der Waals surface area contributed by atoms with Gasteiger partial charge in [-0.15, -0.1) is 11.8 Å². The number of fused-ring (bicyclic) bond motifs is 1. The minimum Gasteiger partial charge on any atom is -0.361 e. The summed E-state index contributed by atoms with van der Waals surface area (Å²) in [5.41, 5.74) is 3.00. The summed E-state index contributed by atoms with van der Waals surface area (Å²) in [4.78, 5) is 28.4. The molecule has 2 aromatic carbocycles. The number of hydrogen-bond donors (Lipinski definition) is 1. The van der Waals surface area contributed by atoms with E-state index in [1.807, 2.05) is 35.4 Å². The summed E-state index contributed by atoms with van der Waals surface area (Å²) in [5, 5.41) is 11.8. The molecule has 0 aliphatic carbocycles. The van der Waals surface area contributed by atoms with Gasteiger partial charge in [0.05, 0.1) is 11.3 Å². The third kappa shape index (κ3) is 3.06. The zero-order chi connectivity index (χ0) is 18.1. The Morgan fingerprint density at radius 2 is 2.00 bits per heavy atom. The summed E-state index contributed by atoms with van der Waals surface area (Å²) >= 11 is 1.69. The van der Waals surface area contributed by atoms with Gasteiger partial charge in [0.15, 0.2) is 0 Å². The second-order valence-electron chi connectivity index (χ2n) is 6.20. The predicted molar refractivity (Wildman–Crippen MR) is 102 cm³/mol. The Kier molecular flexibility index (Phi) is 4.38. The Labute approximate surface area is 154 Å². The van der Waals surface area contributed by atoms with Gasteiger partial charge in [-0.2, -0.15) is 0 Å². The number of amides is 1. The van der Waals surface area contributed by atoms with Crippen molar-refractivity contribution in [2.45, 2.75) is 11.8 Å². The second kappa shape index (κ2) is 6.84. The molecule has 4 rings (SSSR count). The van der Waals surface area contributed by atoms with E-state index in [2.05, 4.69) is 4.98 Å². The molecule has 1 N–H and O–H groups in total. The maximum absolute atomic E-state index is 12.9. The standard InChI is InChI=1S/C19H17N3O3S/c23-18(11-14-12-20-17-4-2-1-3-16(14)17)21-9-10-26-19(21)13-5-7-15(8-6-13)22(24)25/h1-8,12,19-20H,9-11H2. The van der Waals surface area contributed by atoms with Gasteiger partial charge in [0, 0.05) is 41.5 Å². The summed E-state index contributed by atoms with van der Waals surface area (Å²) in [6.45, 7) is 0.688. The van der Waals surface area contributed by atoms with E-state index >= 15 is 0 Å². The first-order valence-corrected chi connectivity index (χ1v) is 9.39. The lowest BCUT2D eigenvalue weighted by Gasteiger charge is -2.24. The predicted octanol–water partition coefficient (Wildman–Crippen LogP) is 3.89. The van der Waals surface area contributed by atoms with Crippen LogP contribution >= 0.6 is 11.8 Å². The molecule has 1 fully saturated rings. The Balaban J connectivity index is 1.54. The Hall–Kier alpha value is -2.80. The topological polar surface area (TPSA) is 79.2 Å². The number of benzene rings is 2. The summed E-state index contributed by atoms with van der Waals surface area (Å²) < 4.78 is 0. The molecule has 1 aliphatic heterocycles. The van der Waals surface area contributed by atoms with Gasteiger partial charge in [0.25, 0.3) is 5.69 Å². The minimum absolute atomic E-state index is 0.0633. The van der Waals surface area contributed by atoms with E-state index in [4.69, 9.17) is 0 Å². The fraction of sp³-hybridized carbons (Fsp3) is 0.211. The van der Waals surface area contributed by atoms with Crippen LogP contribution in [0.15, 0.2) is 54.7 Å². The van der Waals surface area contributed by atoms with Crippen LogP contribution in [0.1, 0.15) is 16.5 Å². The molecule has 7 heteroatoms. The molecular formula is C19H17N3O3S. The molecule has 1 aromatic heterocycles. The van der Waals surface area contributed by atoms with Gasteiger partial charge in [0.1, 0.15) is 5.37 Å². The van der Waals surface area contributed by atoms with Crippen LogP contribution in [-0.2, 0) is 11.2 Å².